The number of carbonyl (C=O) groups excluding carboxylic acids is 1. The Morgan fingerprint density at radius 3 is 2.53 bits per heavy atom. The minimum Gasteiger partial charge on any atom is -0.480 e. The van der Waals surface area contributed by atoms with E-state index in [9.17, 15) is 14.7 Å². The predicted octanol–water partition coefficient (Wildman–Crippen LogP) is 1.66. The second kappa shape index (κ2) is 4.47. The number of hydrogen-bond donors (Lipinski definition) is 1. The second-order valence-electron chi connectivity index (χ2n) is 6.58. The molecule has 108 valence electrons. The topological polar surface area (TPSA) is 66.8 Å². The first-order valence-electron chi connectivity index (χ1n) is 6.93. The third-order valence-corrected chi connectivity index (χ3v) is 4.36. The summed E-state index contributed by atoms with van der Waals surface area (Å²) in [6.07, 6.45) is 1.98. The Labute approximate surface area is 113 Å². The normalized spacial score (nSPS) is 34.5. The van der Waals surface area contributed by atoms with Crippen LogP contribution in [0.25, 0.3) is 0 Å². The Morgan fingerprint density at radius 2 is 2.05 bits per heavy atom. The lowest BCUT2D eigenvalue weighted by molar-refractivity contribution is -0.165. The van der Waals surface area contributed by atoms with E-state index in [1.165, 1.54) is 0 Å². The van der Waals surface area contributed by atoms with Gasteiger partial charge in [0.15, 0.2) is 0 Å². The summed E-state index contributed by atoms with van der Waals surface area (Å²) in [5, 5.41) is 9.66. The summed E-state index contributed by atoms with van der Waals surface area (Å²) in [6, 6.07) is -0.412. The molecule has 5 heteroatoms. The SMILES string of the molecule is CCOC(=O)C1[C@H]2CC[C@](C(=O)O)(C2)N1C(C)(C)C. The molecule has 19 heavy (non-hydrogen) atoms. The molecule has 0 spiro atoms. The molecule has 2 bridgehead atoms. The number of esters is 1. The third kappa shape index (κ3) is 2.04. The summed E-state index contributed by atoms with van der Waals surface area (Å²) in [5.74, 6) is -0.976. The summed E-state index contributed by atoms with van der Waals surface area (Å²) < 4.78 is 5.16. The molecule has 0 radical (unpaired) electrons. The van der Waals surface area contributed by atoms with Crippen molar-refractivity contribution < 1.29 is 19.4 Å². The van der Waals surface area contributed by atoms with Crippen molar-refractivity contribution in [3.63, 3.8) is 0 Å². The van der Waals surface area contributed by atoms with Crippen molar-refractivity contribution >= 4 is 11.9 Å². The molecule has 1 aliphatic carbocycles. The van der Waals surface area contributed by atoms with Crippen LogP contribution in [0.15, 0.2) is 0 Å². The standard InChI is InChI=1S/C14H23NO4/c1-5-19-11(16)10-9-6-7-14(8-9,12(17)18)15(10)13(2,3)4/h9-10H,5-8H2,1-4H3,(H,17,18)/t9-,10?,14+/m0/s1. The van der Waals surface area contributed by atoms with Gasteiger partial charge in [0.1, 0.15) is 11.6 Å². The Hall–Kier alpha value is -1.10. The minimum absolute atomic E-state index is 0.106. The van der Waals surface area contributed by atoms with E-state index in [1.807, 2.05) is 25.7 Å². The highest BCUT2D eigenvalue weighted by molar-refractivity contribution is 5.85. The van der Waals surface area contributed by atoms with Gasteiger partial charge in [-0.25, -0.2) is 0 Å². The molecule has 0 aromatic heterocycles. The molecule has 1 heterocycles. The number of rotatable bonds is 3. The molecule has 3 atom stereocenters. The minimum atomic E-state index is -0.889. The van der Waals surface area contributed by atoms with Gasteiger partial charge in [0.05, 0.1) is 6.61 Å². The number of carboxylic acids is 1. The maximum atomic E-state index is 12.2. The number of ether oxygens (including phenoxy) is 1. The quantitative estimate of drug-likeness (QED) is 0.789. The van der Waals surface area contributed by atoms with Crippen LogP contribution < -0.4 is 0 Å². The lowest BCUT2D eigenvalue weighted by Gasteiger charge is -2.47. The summed E-state index contributed by atoms with van der Waals surface area (Å²) in [4.78, 5) is 25.9. The summed E-state index contributed by atoms with van der Waals surface area (Å²) >= 11 is 0. The van der Waals surface area contributed by atoms with Gasteiger partial charge in [-0.1, -0.05) is 0 Å². The molecular weight excluding hydrogens is 246 g/mol. The fourth-order valence-electron chi connectivity index (χ4n) is 3.91. The zero-order valence-electron chi connectivity index (χ0n) is 12.1. The largest absolute Gasteiger partial charge is 0.480 e. The number of piperidine rings is 1. The molecule has 1 saturated carbocycles. The van der Waals surface area contributed by atoms with E-state index in [0.29, 0.717) is 19.4 Å². The van der Waals surface area contributed by atoms with Gasteiger partial charge in [-0.3, -0.25) is 14.5 Å². The number of likely N-dealkylation sites (tertiary alicyclic amines) is 1. The molecule has 2 aliphatic rings. The highest BCUT2D eigenvalue weighted by Crippen LogP contribution is 2.53. The number of carbonyl (C=O) groups is 2. The molecule has 1 saturated heterocycles. The Balaban J connectivity index is 2.40. The molecule has 2 rings (SSSR count). The Morgan fingerprint density at radius 1 is 1.42 bits per heavy atom. The third-order valence-electron chi connectivity index (χ3n) is 4.36. The van der Waals surface area contributed by atoms with Crippen molar-refractivity contribution in [2.45, 2.75) is 64.1 Å². The number of carboxylic acid groups (broad SMARTS) is 1. The van der Waals surface area contributed by atoms with Gasteiger partial charge >= 0.3 is 11.9 Å². The lowest BCUT2D eigenvalue weighted by Crippen LogP contribution is -2.63. The Bertz CT molecular complexity index is 401. The van der Waals surface area contributed by atoms with E-state index in [1.54, 1.807) is 6.92 Å². The number of fused-ring (bicyclic) bond motifs is 2. The molecule has 1 unspecified atom stereocenters. The molecular formula is C14H23NO4. The lowest BCUT2D eigenvalue weighted by atomic mass is 9.88. The van der Waals surface area contributed by atoms with Crippen molar-refractivity contribution in [2.75, 3.05) is 6.61 Å². The van der Waals surface area contributed by atoms with Crippen LogP contribution in [0.1, 0.15) is 47.0 Å². The summed E-state index contributed by atoms with van der Waals surface area (Å²) in [6.45, 7) is 8.00. The van der Waals surface area contributed by atoms with Crippen molar-refractivity contribution in [1.82, 2.24) is 4.90 Å². The molecule has 5 nitrogen and oxygen atoms in total. The number of hydrogen-bond acceptors (Lipinski definition) is 4. The van der Waals surface area contributed by atoms with Gasteiger partial charge in [0, 0.05) is 5.54 Å². The van der Waals surface area contributed by atoms with Gasteiger partial charge in [-0.2, -0.15) is 0 Å². The molecule has 2 fully saturated rings. The van der Waals surface area contributed by atoms with Crippen molar-refractivity contribution in [1.29, 1.82) is 0 Å². The second-order valence-corrected chi connectivity index (χ2v) is 6.58. The van der Waals surface area contributed by atoms with Gasteiger partial charge < -0.3 is 9.84 Å². The van der Waals surface area contributed by atoms with E-state index in [2.05, 4.69) is 0 Å². The Kier molecular flexibility index (Phi) is 3.37. The number of aliphatic carboxylic acids is 1. The van der Waals surface area contributed by atoms with Crippen molar-refractivity contribution in [3.8, 4) is 0 Å². The van der Waals surface area contributed by atoms with Gasteiger partial charge in [-0.05, 0) is 52.9 Å². The average Bonchev–Trinajstić information content (AvgIpc) is 2.84. The zero-order chi connectivity index (χ0) is 14.4. The number of nitrogens with zero attached hydrogens (tertiary/aromatic N) is 1. The zero-order valence-corrected chi connectivity index (χ0v) is 12.1. The molecule has 0 aromatic rings. The summed E-state index contributed by atoms with van der Waals surface area (Å²) in [7, 11) is 0. The van der Waals surface area contributed by atoms with Crippen LogP contribution in [0.4, 0.5) is 0 Å². The van der Waals surface area contributed by atoms with Gasteiger partial charge in [0.25, 0.3) is 0 Å². The first kappa shape index (κ1) is 14.3. The monoisotopic (exact) mass is 269 g/mol. The maximum Gasteiger partial charge on any atom is 0.324 e. The van der Waals surface area contributed by atoms with E-state index in [-0.39, 0.29) is 17.4 Å². The fraction of sp³-hybridized carbons (Fsp3) is 0.857. The van der Waals surface area contributed by atoms with Crippen molar-refractivity contribution in [3.05, 3.63) is 0 Å². The van der Waals surface area contributed by atoms with E-state index < -0.39 is 17.6 Å². The van der Waals surface area contributed by atoms with E-state index in [0.717, 1.165) is 6.42 Å². The summed E-state index contributed by atoms with van der Waals surface area (Å²) in [5.41, 5.74) is -1.26. The van der Waals surface area contributed by atoms with Crippen LogP contribution in [0.3, 0.4) is 0 Å². The van der Waals surface area contributed by atoms with Crippen LogP contribution in [-0.4, -0.2) is 45.7 Å². The van der Waals surface area contributed by atoms with Crippen LogP contribution in [-0.2, 0) is 14.3 Å². The highest BCUT2D eigenvalue weighted by atomic mass is 16.5. The van der Waals surface area contributed by atoms with Crippen LogP contribution in [0.5, 0.6) is 0 Å². The predicted molar refractivity (Wildman–Crippen MR) is 69.7 cm³/mol. The van der Waals surface area contributed by atoms with Crippen LogP contribution in [0, 0.1) is 5.92 Å². The van der Waals surface area contributed by atoms with E-state index >= 15 is 0 Å². The van der Waals surface area contributed by atoms with Crippen LogP contribution >= 0.6 is 0 Å². The highest BCUT2D eigenvalue weighted by Gasteiger charge is 2.65. The molecule has 0 amide bonds. The molecule has 0 aromatic carbocycles. The van der Waals surface area contributed by atoms with Crippen LogP contribution in [0.2, 0.25) is 0 Å². The van der Waals surface area contributed by atoms with Gasteiger partial charge in [-0.15, -0.1) is 0 Å². The molecule has 1 aliphatic heterocycles. The van der Waals surface area contributed by atoms with E-state index in [4.69, 9.17) is 4.74 Å². The first-order chi connectivity index (χ1) is 8.74. The van der Waals surface area contributed by atoms with Gasteiger partial charge in [0.2, 0.25) is 0 Å². The maximum absolute atomic E-state index is 12.2. The fourth-order valence-corrected chi connectivity index (χ4v) is 3.91. The smallest absolute Gasteiger partial charge is 0.324 e. The van der Waals surface area contributed by atoms with Crippen molar-refractivity contribution in [2.24, 2.45) is 5.92 Å². The molecule has 1 N–H and O–H groups in total. The average molecular weight is 269 g/mol. The first-order valence-corrected chi connectivity index (χ1v) is 6.93.